The van der Waals surface area contributed by atoms with E-state index in [4.69, 9.17) is 11.5 Å². The third-order valence-corrected chi connectivity index (χ3v) is 2.96. The molecule has 0 radical (unpaired) electrons. The second-order valence-electron chi connectivity index (χ2n) is 5.86. The van der Waals surface area contributed by atoms with Crippen LogP contribution < -0.4 is 11.5 Å². The van der Waals surface area contributed by atoms with Gasteiger partial charge in [-0.1, -0.05) is 32.9 Å². The number of amides is 2. The average Bonchev–Trinajstić information content (AvgIpc) is 2.22. The first-order valence-corrected chi connectivity index (χ1v) is 6.65. The molecule has 4 heteroatoms. The summed E-state index contributed by atoms with van der Waals surface area (Å²) in [5.41, 5.74) is 10.2. The molecule has 0 aromatic rings. The zero-order chi connectivity index (χ0) is 14.9. The average molecular weight is 266 g/mol. The van der Waals surface area contributed by atoms with Gasteiger partial charge in [0.2, 0.25) is 11.8 Å². The summed E-state index contributed by atoms with van der Waals surface area (Å²) in [6.45, 7) is 6.54. The zero-order valence-corrected chi connectivity index (χ0v) is 12.2. The smallest absolute Gasteiger partial charge is 0.241 e. The quantitative estimate of drug-likeness (QED) is 0.627. The molecule has 0 heterocycles. The van der Waals surface area contributed by atoms with Crippen LogP contribution in [-0.2, 0) is 9.59 Å². The summed E-state index contributed by atoms with van der Waals surface area (Å²) in [5, 5.41) is 0. The van der Waals surface area contributed by atoms with Crippen LogP contribution in [0.25, 0.3) is 0 Å². The highest BCUT2D eigenvalue weighted by Gasteiger charge is 2.19. The topological polar surface area (TPSA) is 86.2 Å². The fraction of sp³-hybridized carbons (Fsp3) is 0.600. The Hall–Kier alpha value is -1.58. The van der Waals surface area contributed by atoms with Crippen molar-refractivity contribution < 1.29 is 9.59 Å². The minimum atomic E-state index is -0.402. The molecule has 0 aromatic heterocycles. The van der Waals surface area contributed by atoms with Crippen molar-refractivity contribution in [1.82, 2.24) is 0 Å². The second kappa shape index (κ2) is 8.51. The van der Waals surface area contributed by atoms with E-state index in [-0.39, 0.29) is 5.41 Å². The van der Waals surface area contributed by atoms with Crippen LogP contribution >= 0.6 is 0 Å². The van der Waals surface area contributed by atoms with E-state index >= 15 is 0 Å². The molecule has 0 aliphatic rings. The highest BCUT2D eigenvalue weighted by atomic mass is 16.1. The van der Waals surface area contributed by atoms with Crippen LogP contribution in [0.2, 0.25) is 0 Å². The largest absolute Gasteiger partial charge is 0.366 e. The van der Waals surface area contributed by atoms with Crippen LogP contribution in [0, 0.1) is 11.3 Å². The summed E-state index contributed by atoms with van der Waals surface area (Å²) in [4.78, 5) is 21.2. The van der Waals surface area contributed by atoms with E-state index < -0.39 is 11.8 Å². The van der Waals surface area contributed by atoms with Gasteiger partial charge in [-0.3, -0.25) is 9.59 Å². The standard InChI is InChI=1S/C15H26N2O2/c1-12(7-4-5-8-13(16)18)11-15(2,3)10-6-9-14(17)19/h5-6,8-9,12H,4,7,10-11H2,1-3H3,(H2,16,18)(H2,17,19). The maximum atomic E-state index is 10.6. The van der Waals surface area contributed by atoms with Crippen LogP contribution in [0.3, 0.4) is 0 Å². The summed E-state index contributed by atoms with van der Waals surface area (Å²) in [5.74, 6) is -0.250. The number of rotatable bonds is 9. The number of allylic oxidation sites excluding steroid dienone is 2. The molecule has 0 saturated carbocycles. The predicted molar refractivity (Wildman–Crippen MR) is 78.1 cm³/mol. The van der Waals surface area contributed by atoms with Crippen molar-refractivity contribution in [1.29, 1.82) is 0 Å². The monoisotopic (exact) mass is 266 g/mol. The number of primary amides is 2. The lowest BCUT2D eigenvalue weighted by Crippen LogP contribution is -2.15. The van der Waals surface area contributed by atoms with Gasteiger partial charge >= 0.3 is 0 Å². The molecular formula is C15H26N2O2. The third kappa shape index (κ3) is 11.3. The number of carbonyl (C=O) groups excluding carboxylic acids is 2. The molecule has 0 aromatic carbocycles. The second-order valence-corrected chi connectivity index (χ2v) is 5.86. The molecule has 0 saturated heterocycles. The molecule has 0 aliphatic carbocycles. The fourth-order valence-corrected chi connectivity index (χ4v) is 2.20. The Kier molecular flexibility index (Phi) is 7.80. The lowest BCUT2D eigenvalue weighted by Gasteiger charge is -2.26. The van der Waals surface area contributed by atoms with E-state index in [1.165, 1.54) is 12.2 Å². The van der Waals surface area contributed by atoms with Crippen molar-refractivity contribution in [3.05, 3.63) is 24.3 Å². The molecule has 19 heavy (non-hydrogen) atoms. The van der Waals surface area contributed by atoms with Gasteiger partial charge in [0.05, 0.1) is 0 Å². The first-order chi connectivity index (χ1) is 8.73. The van der Waals surface area contributed by atoms with Gasteiger partial charge in [0.1, 0.15) is 0 Å². The molecule has 0 fully saturated rings. The van der Waals surface area contributed by atoms with Crippen molar-refractivity contribution in [2.24, 2.45) is 22.8 Å². The lowest BCUT2D eigenvalue weighted by atomic mass is 9.79. The highest BCUT2D eigenvalue weighted by Crippen LogP contribution is 2.31. The van der Waals surface area contributed by atoms with Gasteiger partial charge in [0.25, 0.3) is 0 Å². The Morgan fingerprint density at radius 2 is 1.63 bits per heavy atom. The van der Waals surface area contributed by atoms with Crippen LogP contribution in [-0.4, -0.2) is 11.8 Å². The van der Waals surface area contributed by atoms with Crippen molar-refractivity contribution in [2.75, 3.05) is 0 Å². The molecule has 0 bridgehead atoms. The van der Waals surface area contributed by atoms with E-state index in [1.54, 1.807) is 0 Å². The lowest BCUT2D eigenvalue weighted by molar-refractivity contribution is -0.114. The molecular weight excluding hydrogens is 240 g/mol. The maximum Gasteiger partial charge on any atom is 0.241 e. The summed E-state index contributed by atoms with van der Waals surface area (Å²) in [6.07, 6.45) is 10.2. The molecule has 4 nitrogen and oxygen atoms in total. The van der Waals surface area contributed by atoms with E-state index in [0.717, 1.165) is 25.7 Å². The number of carbonyl (C=O) groups is 2. The van der Waals surface area contributed by atoms with E-state index in [2.05, 4.69) is 20.8 Å². The first-order valence-electron chi connectivity index (χ1n) is 6.65. The van der Waals surface area contributed by atoms with Crippen molar-refractivity contribution in [3.8, 4) is 0 Å². The Morgan fingerprint density at radius 1 is 1.11 bits per heavy atom. The van der Waals surface area contributed by atoms with Crippen LogP contribution in [0.1, 0.15) is 46.5 Å². The normalized spacial score (nSPS) is 14.1. The number of hydrogen-bond donors (Lipinski definition) is 2. The minimum Gasteiger partial charge on any atom is -0.366 e. The van der Waals surface area contributed by atoms with Gasteiger partial charge in [-0.25, -0.2) is 0 Å². The highest BCUT2D eigenvalue weighted by molar-refractivity contribution is 5.85. The van der Waals surface area contributed by atoms with Crippen LogP contribution in [0.15, 0.2) is 24.3 Å². The summed E-state index contributed by atoms with van der Waals surface area (Å²) >= 11 is 0. The molecule has 2 amide bonds. The first kappa shape index (κ1) is 17.4. The molecule has 0 aliphatic heterocycles. The van der Waals surface area contributed by atoms with Crippen molar-refractivity contribution in [2.45, 2.75) is 46.5 Å². The van der Waals surface area contributed by atoms with Crippen LogP contribution in [0.5, 0.6) is 0 Å². The fourth-order valence-electron chi connectivity index (χ4n) is 2.20. The van der Waals surface area contributed by atoms with Crippen LogP contribution in [0.4, 0.5) is 0 Å². The van der Waals surface area contributed by atoms with E-state index in [0.29, 0.717) is 5.92 Å². The zero-order valence-electron chi connectivity index (χ0n) is 12.2. The van der Waals surface area contributed by atoms with E-state index in [1.807, 2.05) is 12.2 Å². The SMILES string of the molecule is CC(CCC=CC(N)=O)CC(C)(C)CC=CC(N)=O. The van der Waals surface area contributed by atoms with Gasteiger partial charge in [0.15, 0.2) is 0 Å². The number of hydrogen-bond acceptors (Lipinski definition) is 2. The van der Waals surface area contributed by atoms with Crippen molar-refractivity contribution >= 4 is 11.8 Å². The minimum absolute atomic E-state index is 0.138. The predicted octanol–water partition coefficient (Wildman–Crippen LogP) is 2.29. The van der Waals surface area contributed by atoms with Gasteiger partial charge < -0.3 is 11.5 Å². The maximum absolute atomic E-state index is 10.6. The van der Waals surface area contributed by atoms with Crippen molar-refractivity contribution in [3.63, 3.8) is 0 Å². The van der Waals surface area contributed by atoms with E-state index in [9.17, 15) is 9.59 Å². The molecule has 4 N–H and O–H groups in total. The molecule has 0 rings (SSSR count). The Bertz CT molecular complexity index is 357. The Labute approximate surface area is 115 Å². The molecule has 0 spiro atoms. The molecule has 1 atom stereocenters. The van der Waals surface area contributed by atoms with Gasteiger partial charge in [0, 0.05) is 0 Å². The molecule has 108 valence electrons. The van der Waals surface area contributed by atoms with Gasteiger partial charge in [-0.2, -0.15) is 0 Å². The Morgan fingerprint density at radius 3 is 2.16 bits per heavy atom. The Balaban J connectivity index is 4.04. The summed E-state index contributed by atoms with van der Waals surface area (Å²) < 4.78 is 0. The summed E-state index contributed by atoms with van der Waals surface area (Å²) in [6, 6.07) is 0. The third-order valence-electron chi connectivity index (χ3n) is 2.96. The van der Waals surface area contributed by atoms with Gasteiger partial charge in [-0.15, -0.1) is 0 Å². The molecule has 1 unspecified atom stereocenters. The number of nitrogens with two attached hydrogens (primary N) is 2. The van der Waals surface area contributed by atoms with Gasteiger partial charge in [-0.05, 0) is 49.2 Å². The summed E-state index contributed by atoms with van der Waals surface area (Å²) in [7, 11) is 0.